The summed E-state index contributed by atoms with van der Waals surface area (Å²) < 4.78 is 0. The summed E-state index contributed by atoms with van der Waals surface area (Å²) in [6.45, 7) is 2.14. The molecule has 1 fully saturated rings. The van der Waals surface area contributed by atoms with Crippen LogP contribution in [0.5, 0.6) is 0 Å². The van der Waals surface area contributed by atoms with Crippen molar-refractivity contribution in [2.75, 3.05) is 5.75 Å². The van der Waals surface area contributed by atoms with Gasteiger partial charge in [0, 0.05) is 16.5 Å². The molecule has 1 saturated heterocycles. The van der Waals surface area contributed by atoms with Crippen LogP contribution >= 0.6 is 23.1 Å². The summed E-state index contributed by atoms with van der Waals surface area (Å²) in [4.78, 5) is 17.2. The number of hydrogen-bond donors (Lipinski definition) is 1. The Morgan fingerprint density at radius 1 is 1.35 bits per heavy atom. The number of thiazole rings is 1. The lowest BCUT2D eigenvalue weighted by molar-refractivity contribution is -0.117. The molecule has 0 spiro atoms. The van der Waals surface area contributed by atoms with Crippen molar-refractivity contribution in [2.24, 2.45) is 0 Å². The SMILES string of the molecule is CCc1sc(/C=C2\NC(=O)CS2)nc1-c1ccccc1. The molecule has 1 aliphatic rings. The number of hydrogen-bond acceptors (Lipinski definition) is 4. The fourth-order valence-corrected chi connectivity index (χ4v) is 3.82. The summed E-state index contributed by atoms with van der Waals surface area (Å²) in [5, 5.41) is 4.68. The molecular formula is C15H14N2OS2. The van der Waals surface area contributed by atoms with Gasteiger partial charge in [-0.05, 0) is 6.42 Å². The standard InChI is InChI=1S/C15H14N2OS2/c1-2-11-15(10-6-4-3-5-7-10)17-14(20-11)8-13-16-12(18)9-19-13/h3-8H,2,9H2,1H3,(H,16,18)/b13-8+. The maximum atomic E-state index is 11.2. The summed E-state index contributed by atoms with van der Waals surface area (Å²) in [6.07, 6.45) is 2.93. The lowest BCUT2D eigenvalue weighted by Gasteiger charge is -1.98. The number of amides is 1. The number of rotatable bonds is 3. The number of thioether (sulfide) groups is 1. The Morgan fingerprint density at radius 3 is 2.80 bits per heavy atom. The molecule has 20 heavy (non-hydrogen) atoms. The van der Waals surface area contributed by atoms with Crippen LogP contribution in [0.25, 0.3) is 17.3 Å². The van der Waals surface area contributed by atoms with E-state index in [2.05, 4.69) is 24.4 Å². The van der Waals surface area contributed by atoms with E-state index in [1.165, 1.54) is 16.6 Å². The predicted molar refractivity (Wildman–Crippen MR) is 85.5 cm³/mol. The first-order chi connectivity index (χ1) is 9.76. The quantitative estimate of drug-likeness (QED) is 0.943. The molecule has 2 heterocycles. The smallest absolute Gasteiger partial charge is 0.235 e. The number of carbonyl (C=O) groups excluding carboxylic acids is 1. The van der Waals surface area contributed by atoms with Gasteiger partial charge in [-0.1, -0.05) is 49.0 Å². The van der Waals surface area contributed by atoms with E-state index in [-0.39, 0.29) is 5.91 Å². The van der Waals surface area contributed by atoms with Crippen LogP contribution in [-0.4, -0.2) is 16.6 Å². The number of aromatic nitrogens is 1. The topological polar surface area (TPSA) is 42.0 Å². The first-order valence-corrected chi connectivity index (χ1v) is 8.26. The Morgan fingerprint density at radius 2 is 2.15 bits per heavy atom. The monoisotopic (exact) mass is 302 g/mol. The summed E-state index contributed by atoms with van der Waals surface area (Å²) in [7, 11) is 0. The van der Waals surface area contributed by atoms with E-state index in [1.54, 1.807) is 11.3 Å². The van der Waals surface area contributed by atoms with Gasteiger partial charge in [0.25, 0.3) is 0 Å². The number of aryl methyl sites for hydroxylation is 1. The van der Waals surface area contributed by atoms with Crippen LogP contribution in [0.4, 0.5) is 0 Å². The molecule has 2 aromatic rings. The largest absolute Gasteiger partial charge is 0.320 e. The van der Waals surface area contributed by atoms with Crippen molar-refractivity contribution in [3.05, 3.63) is 45.2 Å². The van der Waals surface area contributed by atoms with Gasteiger partial charge in [0.05, 0.1) is 16.5 Å². The molecule has 1 amide bonds. The molecule has 0 atom stereocenters. The Kier molecular flexibility index (Phi) is 3.89. The van der Waals surface area contributed by atoms with Crippen LogP contribution in [0, 0.1) is 0 Å². The molecule has 0 saturated carbocycles. The molecule has 3 rings (SSSR count). The molecule has 102 valence electrons. The normalized spacial score (nSPS) is 16.6. The van der Waals surface area contributed by atoms with Crippen molar-refractivity contribution in [3.8, 4) is 11.3 Å². The maximum absolute atomic E-state index is 11.2. The lowest BCUT2D eigenvalue weighted by Crippen LogP contribution is -2.13. The van der Waals surface area contributed by atoms with Gasteiger partial charge >= 0.3 is 0 Å². The summed E-state index contributed by atoms with van der Waals surface area (Å²) in [5.74, 6) is 0.570. The number of benzene rings is 1. The van der Waals surface area contributed by atoms with Crippen molar-refractivity contribution in [1.29, 1.82) is 0 Å². The summed E-state index contributed by atoms with van der Waals surface area (Å²) >= 11 is 3.22. The molecule has 5 heteroatoms. The molecule has 1 N–H and O–H groups in total. The highest BCUT2D eigenvalue weighted by Crippen LogP contribution is 2.31. The first kappa shape index (κ1) is 13.4. The minimum Gasteiger partial charge on any atom is -0.320 e. The highest BCUT2D eigenvalue weighted by Gasteiger charge is 2.16. The highest BCUT2D eigenvalue weighted by molar-refractivity contribution is 8.04. The van der Waals surface area contributed by atoms with Gasteiger partial charge in [-0.3, -0.25) is 4.79 Å². The Labute approximate surface area is 126 Å². The second-order valence-corrected chi connectivity index (χ2v) is 6.52. The van der Waals surface area contributed by atoms with Gasteiger partial charge in [-0.2, -0.15) is 0 Å². The molecule has 3 nitrogen and oxygen atoms in total. The molecular weight excluding hydrogens is 288 g/mol. The average molecular weight is 302 g/mol. The van der Waals surface area contributed by atoms with Crippen LogP contribution in [0.15, 0.2) is 35.4 Å². The van der Waals surface area contributed by atoms with Gasteiger partial charge in [0.1, 0.15) is 5.01 Å². The van der Waals surface area contributed by atoms with Crippen LogP contribution in [0.2, 0.25) is 0 Å². The van der Waals surface area contributed by atoms with E-state index in [9.17, 15) is 4.79 Å². The third kappa shape index (κ3) is 2.78. The predicted octanol–water partition coefficient (Wildman–Crippen LogP) is 3.53. The molecule has 0 aliphatic carbocycles. The second-order valence-electron chi connectivity index (χ2n) is 4.39. The summed E-state index contributed by atoms with van der Waals surface area (Å²) in [6, 6.07) is 10.2. The zero-order valence-corrected chi connectivity index (χ0v) is 12.7. The van der Waals surface area contributed by atoms with E-state index in [0.717, 1.165) is 27.7 Å². The maximum Gasteiger partial charge on any atom is 0.235 e. The van der Waals surface area contributed by atoms with Crippen molar-refractivity contribution in [1.82, 2.24) is 10.3 Å². The van der Waals surface area contributed by atoms with E-state index >= 15 is 0 Å². The molecule has 0 radical (unpaired) electrons. The van der Waals surface area contributed by atoms with E-state index in [0.29, 0.717) is 5.75 Å². The van der Waals surface area contributed by atoms with E-state index < -0.39 is 0 Å². The molecule has 1 aliphatic heterocycles. The molecule has 1 aromatic heterocycles. The zero-order valence-electron chi connectivity index (χ0n) is 11.1. The van der Waals surface area contributed by atoms with Crippen molar-refractivity contribution >= 4 is 35.1 Å². The lowest BCUT2D eigenvalue weighted by atomic mass is 10.1. The number of nitrogens with zero attached hydrogens (tertiary/aromatic N) is 1. The van der Waals surface area contributed by atoms with E-state index in [4.69, 9.17) is 4.98 Å². The first-order valence-electron chi connectivity index (χ1n) is 6.45. The van der Waals surface area contributed by atoms with Crippen molar-refractivity contribution in [3.63, 3.8) is 0 Å². The van der Waals surface area contributed by atoms with Crippen LogP contribution in [-0.2, 0) is 11.2 Å². The number of nitrogens with one attached hydrogen (secondary N) is 1. The minimum atomic E-state index is 0.0665. The Hall–Kier alpha value is -1.59. The average Bonchev–Trinajstić information content (AvgIpc) is 3.06. The second kappa shape index (κ2) is 5.81. The molecule has 0 unspecified atom stereocenters. The number of carbonyl (C=O) groups is 1. The fourth-order valence-electron chi connectivity index (χ4n) is 2.04. The van der Waals surface area contributed by atoms with Crippen LogP contribution in [0.1, 0.15) is 16.8 Å². The Bertz CT molecular complexity index is 662. The van der Waals surface area contributed by atoms with Crippen molar-refractivity contribution in [2.45, 2.75) is 13.3 Å². The third-order valence-corrected chi connectivity index (χ3v) is 5.04. The fraction of sp³-hybridized carbons (Fsp3) is 0.200. The van der Waals surface area contributed by atoms with E-state index in [1.807, 2.05) is 24.3 Å². The molecule has 0 bridgehead atoms. The minimum absolute atomic E-state index is 0.0665. The van der Waals surface area contributed by atoms with Gasteiger partial charge in [0.15, 0.2) is 0 Å². The third-order valence-electron chi connectivity index (χ3n) is 2.96. The summed E-state index contributed by atoms with van der Waals surface area (Å²) in [5.41, 5.74) is 2.20. The van der Waals surface area contributed by atoms with Gasteiger partial charge in [0.2, 0.25) is 5.91 Å². The highest BCUT2D eigenvalue weighted by atomic mass is 32.2. The molecule has 1 aromatic carbocycles. The Balaban J connectivity index is 1.95. The van der Waals surface area contributed by atoms with Gasteiger partial charge in [-0.15, -0.1) is 11.3 Å². The van der Waals surface area contributed by atoms with Crippen LogP contribution < -0.4 is 5.32 Å². The zero-order chi connectivity index (χ0) is 13.9. The van der Waals surface area contributed by atoms with Crippen molar-refractivity contribution < 1.29 is 4.79 Å². The van der Waals surface area contributed by atoms with Crippen LogP contribution in [0.3, 0.4) is 0 Å². The van der Waals surface area contributed by atoms with Gasteiger partial charge < -0.3 is 5.32 Å². The van der Waals surface area contributed by atoms with Gasteiger partial charge in [-0.25, -0.2) is 4.98 Å².